The molecule has 7 N–H and O–H groups in total. The number of aliphatic hydroxyl groups excluding tert-OH is 1. The first-order chi connectivity index (χ1) is 8.36. The van der Waals surface area contributed by atoms with Gasteiger partial charge in [0.1, 0.15) is 0 Å². The summed E-state index contributed by atoms with van der Waals surface area (Å²) in [5.41, 5.74) is 10.9. The lowest BCUT2D eigenvalue weighted by molar-refractivity contribution is -0.131. The summed E-state index contributed by atoms with van der Waals surface area (Å²) in [5, 5.41) is 20.4. The van der Waals surface area contributed by atoms with Crippen molar-refractivity contribution in [3.63, 3.8) is 0 Å². The molecule has 0 bridgehead atoms. The fourth-order valence-corrected chi connectivity index (χ4v) is 1.32. The van der Waals surface area contributed by atoms with Gasteiger partial charge in [0, 0.05) is 12.1 Å². The summed E-state index contributed by atoms with van der Waals surface area (Å²) in [5.74, 6) is -1.52. The molecule has 0 heterocycles. The van der Waals surface area contributed by atoms with Crippen LogP contribution in [0.5, 0.6) is 0 Å². The predicted molar refractivity (Wildman–Crippen MR) is 66.7 cm³/mol. The van der Waals surface area contributed by atoms with Gasteiger partial charge in [0.2, 0.25) is 5.91 Å². The molecule has 0 rings (SSSR count). The lowest BCUT2D eigenvalue weighted by Gasteiger charge is -2.17. The molecule has 7 heteroatoms. The summed E-state index contributed by atoms with van der Waals surface area (Å²) in [4.78, 5) is 21.8. The fraction of sp³-hybridized carbons (Fsp3) is 0.636. The Morgan fingerprint density at radius 1 is 1.44 bits per heavy atom. The highest BCUT2D eigenvalue weighted by Gasteiger charge is 2.18. The van der Waals surface area contributed by atoms with Crippen LogP contribution in [0.3, 0.4) is 0 Å². The molecule has 0 aromatic carbocycles. The molecule has 3 atom stereocenters. The summed E-state index contributed by atoms with van der Waals surface area (Å²) in [7, 11) is 0. The molecular weight excluding hydrogens is 238 g/mol. The molecule has 0 spiro atoms. The molecule has 0 aliphatic rings. The minimum Gasteiger partial charge on any atom is -0.478 e. The summed E-state index contributed by atoms with van der Waals surface area (Å²) >= 11 is 0. The number of carboxylic acids is 1. The summed E-state index contributed by atoms with van der Waals surface area (Å²) < 4.78 is 0. The second kappa shape index (κ2) is 8.62. The number of hydrogen-bond donors (Lipinski definition) is 5. The lowest BCUT2D eigenvalue weighted by atomic mass is 10.1. The van der Waals surface area contributed by atoms with Crippen LogP contribution in [0.1, 0.15) is 19.8 Å². The van der Waals surface area contributed by atoms with E-state index >= 15 is 0 Å². The monoisotopic (exact) mass is 259 g/mol. The second-order valence-electron chi connectivity index (χ2n) is 4.07. The van der Waals surface area contributed by atoms with Gasteiger partial charge in [-0.05, 0) is 26.3 Å². The van der Waals surface area contributed by atoms with Crippen molar-refractivity contribution < 1.29 is 19.8 Å². The third-order valence-corrected chi connectivity index (χ3v) is 2.26. The van der Waals surface area contributed by atoms with Crippen molar-refractivity contribution in [2.24, 2.45) is 11.5 Å². The maximum absolute atomic E-state index is 11.6. The van der Waals surface area contributed by atoms with Crippen LogP contribution in [-0.2, 0) is 9.59 Å². The molecule has 7 nitrogen and oxygen atoms in total. The van der Waals surface area contributed by atoms with Crippen molar-refractivity contribution in [1.29, 1.82) is 0 Å². The largest absolute Gasteiger partial charge is 0.478 e. The van der Waals surface area contributed by atoms with Gasteiger partial charge in [-0.25, -0.2) is 4.79 Å². The van der Waals surface area contributed by atoms with Gasteiger partial charge in [0.15, 0.2) is 0 Å². The van der Waals surface area contributed by atoms with E-state index in [-0.39, 0.29) is 6.42 Å². The Kier molecular flexibility index (Phi) is 7.93. The first-order valence-electron chi connectivity index (χ1n) is 5.72. The number of aliphatic hydroxyl groups is 1. The predicted octanol–water partition coefficient (Wildman–Crippen LogP) is -1.44. The summed E-state index contributed by atoms with van der Waals surface area (Å²) in [6.07, 6.45) is 2.08. The Hall–Kier alpha value is -1.44. The van der Waals surface area contributed by atoms with Gasteiger partial charge in [-0.1, -0.05) is 6.08 Å². The lowest BCUT2D eigenvalue weighted by Crippen LogP contribution is -2.45. The van der Waals surface area contributed by atoms with Gasteiger partial charge in [0.25, 0.3) is 0 Å². The molecule has 1 amide bonds. The highest BCUT2D eigenvalue weighted by atomic mass is 16.4. The number of hydrogen-bond acceptors (Lipinski definition) is 5. The number of rotatable bonds is 8. The molecule has 0 saturated heterocycles. The average molecular weight is 259 g/mol. The van der Waals surface area contributed by atoms with E-state index < -0.39 is 30.1 Å². The number of amides is 1. The molecule has 3 unspecified atom stereocenters. The van der Waals surface area contributed by atoms with Crippen molar-refractivity contribution in [2.75, 3.05) is 6.54 Å². The minimum atomic E-state index is -1.08. The van der Waals surface area contributed by atoms with Gasteiger partial charge < -0.3 is 27.0 Å². The number of nitrogens with two attached hydrogens (primary N) is 2. The van der Waals surface area contributed by atoms with Crippen LogP contribution in [-0.4, -0.2) is 46.8 Å². The van der Waals surface area contributed by atoms with E-state index in [1.807, 2.05) is 0 Å². The van der Waals surface area contributed by atoms with Gasteiger partial charge in [-0.15, -0.1) is 0 Å². The van der Waals surface area contributed by atoms with E-state index in [0.717, 1.165) is 6.08 Å². The van der Waals surface area contributed by atoms with Crippen LogP contribution in [0.4, 0.5) is 0 Å². The molecular formula is C11H21N3O4. The first-order valence-corrected chi connectivity index (χ1v) is 5.72. The zero-order valence-electron chi connectivity index (χ0n) is 10.4. The van der Waals surface area contributed by atoms with Gasteiger partial charge in [-0.2, -0.15) is 0 Å². The van der Waals surface area contributed by atoms with Gasteiger partial charge in [-0.3, -0.25) is 4.79 Å². The molecule has 0 radical (unpaired) electrons. The zero-order chi connectivity index (χ0) is 14.1. The van der Waals surface area contributed by atoms with Crippen molar-refractivity contribution in [2.45, 2.75) is 38.0 Å². The minimum absolute atomic E-state index is 0.123. The maximum atomic E-state index is 11.6. The number of aliphatic carboxylic acids is 1. The third-order valence-electron chi connectivity index (χ3n) is 2.26. The quantitative estimate of drug-likeness (QED) is 0.338. The third kappa shape index (κ3) is 7.77. The number of carbonyl (C=O) groups is 2. The fourth-order valence-electron chi connectivity index (χ4n) is 1.32. The van der Waals surface area contributed by atoms with E-state index in [1.165, 1.54) is 6.08 Å². The molecule has 0 aliphatic heterocycles. The highest BCUT2D eigenvalue weighted by molar-refractivity contribution is 5.82. The van der Waals surface area contributed by atoms with Gasteiger partial charge in [0.05, 0.1) is 12.1 Å². The van der Waals surface area contributed by atoms with Crippen molar-refractivity contribution in [1.82, 2.24) is 5.32 Å². The highest BCUT2D eigenvalue weighted by Crippen LogP contribution is 2.00. The van der Waals surface area contributed by atoms with Crippen LogP contribution in [0.2, 0.25) is 0 Å². The molecule has 18 heavy (non-hydrogen) atoms. The van der Waals surface area contributed by atoms with E-state index in [0.29, 0.717) is 13.0 Å². The summed E-state index contributed by atoms with van der Waals surface area (Å²) in [6, 6.07) is -1.28. The van der Waals surface area contributed by atoms with Crippen LogP contribution in [0.25, 0.3) is 0 Å². The van der Waals surface area contributed by atoms with E-state index in [4.69, 9.17) is 16.6 Å². The first kappa shape index (κ1) is 16.6. The Balaban J connectivity index is 4.11. The Morgan fingerprint density at radius 3 is 2.56 bits per heavy atom. The molecule has 0 saturated carbocycles. The van der Waals surface area contributed by atoms with Crippen molar-refractivity contribution >= 4 is 11.9 Å². The molecule has 0 aromatic rings. The van der Waals surface area contributed by atoms with Crippen molar-refractivity contribution in [3.05, 3.63) is 12.2 Å². The Morgan fingerprint density at radius 2 is 2.06 bits per heavy atom. The zero-order valence-corrected chi connectivity index (χ0v) is 10.4. The SMILES string of the molecule is CC(/C=C/C(=O)O)NC(=O)C(N)CC(O)CCN. The number of carbonyl (C=O) groups excluding carboxylic acids is 1. The Labute approximate surface area is 106 Å². The standard InChI is InChI=1S/C11H21N3O4/c1-7(2-3-10(16)17)14-11(18)9(13)6-8(15)4-5-12/h2-3,7-9,15H,4-6,12-13H2,1H3,(H,14,18)(H,16,17)/b3-2+. The number of nitrogens with one attached hydrogen (secondary N) is 1. The Bertz CT molecular complexity index is 307. The molecule has 0 aliphatic carbocycles. The molecule has 104 valence electrons. The van der Waals surface area contributed by atoms with E-state index in [1.54, 1.807) is 6.92 Å². The second-order valence-corrected chi connectivity index (χ2v) is 4.07. The van der Waals surface area contributed by atoms with Crippen LogP contribution in [0, 0.1) is 0 Å². The van der Waals surface area contributed by atoms with Crippen molar-refractivity contribution in [3.8, 4) is 0 Å². The smallest absolute Gasteiger partial charge is 0.328 e. The average Bonchev–Trinajstić information content (AvgIpc) is 2.26. The molecule has 0 aromatic heterocycles. The van der Waals surface area contributed by atoms with Crippen LogP contribution in [0.15, 0.2) is 12.2 Å². The summed E-state index contributed by atoms with van der Waals surface area (Å²) in [6.45, 7) is 1.95. The maximum Gasteiger partial charge on any atom is 0.328 e. The molecule has 0 fully saturated rings. The van der Waals surface area contributed by atoms with Crippen LogP contribution >= 0.6 is 0 Å². The van der Waals surface area contributed by atoms with Gasteiger partial charge >= 0.3 is 5.97 Å². The van der Waals surface area contributed by atoms with E-state index in [9.17, 15) is 14.7 Å². The topological polar surface area (TPSA) is 139 Å². The normalized spacial score (nSPS) is 16.2. The van der Waals surface area contributed by atoms with Crippen LogP contribution < -0.4 is 16.8 Å². The van der Waals surface area contributed by atoms with E-state index in [2.05, 4.69) is 5.32 Å². The number of carboxylic acid groups (broad SMARTS) is 1.